The Kier molecular flexibility index (Phi) is 4.67. The standard InChI is InChI=1S/C14H10F5NO3/c15-7-8(16)10(18)12(11(19)9(7)17)20-13(21)5-3-1-2-4-6(5)14(22)23/h1-2,5-6H,3-4H2,(H,20,21)(H,22,23). The zero-order valence-electron chi connectivity index (χ0n) is 11.4. The maximum atomic E-state index is 13.5. The van der Waals surface area contributed by atoms with Gasteiger partial charge in [0, 0.05) is 0 Å². The van der Waals surface area contributed by atoms with Gasteiger partial charge in [0.2, 0.25) is 11.7 Å². The lowest BCUT2D eigenvalue weighted by Gasteiger charge is -2.24. The first-order valence-corrected chi connectivity index (χ1v) is 6.45. The van der Waals surface area contributed by atoms with Crippen molar-refractivity contribution in [2.45, 2.75) is 12.8 Å². The molecule has 0 bridgehead atoms. The number of allylic oxidation sites excluding steroid dienone is 2. The van der Waals surface area contributed by atoms with Crippen molar-refractivity contribution in [3.05, 3.63) is 41.2 Å². The number of carboxylic acid groups (broad SMARTS) is 1. The molecule has 0 fully saturated rings. The van der Waals surface area contributed by atoms with Gasteiger partial charge < -0.3 is 10.4 Å². The third-order valence-corrected chi connectivity index (χ3v) is 3.54. The average Bonchev–Trinajstić information content (AvgIpc) is 2.54. The Hall–Kier alpha value is -2.45. The number of rotatable bonds is 3. The number of carbonyl (C=O) groups is 2. The molecule has 4 nitrogen and oxygen atoms in total. The van der Waals surface area contributed by atoms with Crippen LogP contribution < -0.4 is 5.32 Å². The highest BCUT2D eigenvalue weighted by Gasteiger charge is 2.35. The molecule has 9 heteroatoms. The van der Waals surface area contributed by atoms with Crippen molar-refractivity contribution in [1.29, 1.82) is 0 Å². The van der Waals surface area contributed by atoms with Crippen molar-refractivity contribution in [3.8, 4) is 0 Å². The molecule has 1 aliphatic carbocycles. The Labute approximate surface area is 126 Å². The summed E-state index contributed by atoms with van der Waals surface area (Å²) in [5.74, 6) is -15.9. The van der Waals surface area contributed by atoms with E-state index in [4.69, 9.17) is 5.11 Å². The lowest BCUT2D eigenvalue weighted by Crippen LogP contribution is -2.35. The molecule has 0 heterocycles. The van der Waals surface area contributed by atoms with Gasteiger partial charge in [0.1, 0.15) is 5.69 Å². The number of amides is 1. The molecule has 0 saturated heterocycles. The fourth-order valence-electron chi connectivity index (χ4n) is 2.31. The van der Waals surface area contributed by atoms with E-state index in [1.165, 1.54) is 12.2 Å². The predicted octanol–water partition coefficient (Wildman–Crippen LogP) is 2.99. The van der Waals surface area contributed by atoms with Crippen LogP contribution in [0.5, 0.6) is 0 Å². The van der Waals surface area contributed by atoms with Crippen LogP contribution in [-0.2, 0) is 9.59 Å². The van der Waals surface area contributed by atoms with Gasteiger partial charge in [-0.2, -0.15) is 0 Å². The predicted molar refractivity (Wildman–Crippen MR) is 67.9 cm³/mol. The maximum Gasteiger partial charge on any atom is 0.307 e. The largest absolute Gasteiger partial charge is 0.481 e. The van der Waals surface area contributed by atoms with Gasteiger partial charge in [-0.15, -0.1) is 0 Å². The number of anilines is 1. The molecule has 0 aromatic heterocycles. The summed E-state index contributed by atoms with van der Waals surface area (Å²) < 4.78 is 66.1. The van der Waals surface area contributed by atoms with Crippen LogP contribution in [0.15, 0.2) is 12.2 Å². The summed E-state index contributed by atoms with van der Waals surface area (Å²) in [5, 5.41) is 10.6. The molecule has 2 rings (SSSR count). The molecule has 2 unspecified atom stereocenters. The number of carbonyl (C=O) groups excluding carboxylic acids is 1. The lowest BCUT2D eigenvalue weighted by molar-refractivity contribution is -0.146. The fraction of sp³-hybridized carbons (Fsp3) is 0.286. The number of hydrogen-bond acceptors (Lipinski definition) is 2. The van der Waals surface area contributed by atoms with Crippen LogP contribution in [-0.4, -0.2) is 17.0 Å². The number of benzene rings is 1. The van der Waals surface area contributed by atoms with E-state index in [0.29, 0.717) is 0 Å². The number of aliphatic carboxylic acids is 1. The summed E-state index contributed by atoms with van der Waals surface area (Å²) in [5.41, 5.74) is -1.50. The zero-order chi connectivity index (χ0) is 17.3. The smallest absolute Gasteiger partial charge is 0.307 e. The zero-order valence-corrected chi connectivity index (χ0v) is 11.4. The Morgan fingerprint density at radius 2 is 1.30 bits per heavy atom. The van der Waals surface area contributed by atoms with E-state index in [9.17, 15) is 31.5 Å². The number of nitrogens with one attached hydrogen (secondary N) is 1. The molecule has 0 radical (unpaired) electrons. The third-order valence-electron chi connectivity index (χ3n) is 3.54. The Morgan fingerprint density at radius 3 is 1.78 bits per heavy atom. The first-order valence-electron chi connectivity index (χ1n) is 6.45. The molecule has 1 aromatic rings. The highest BCUT2D eigenvalue weighted by atomic mass is 19.2. The molecule has 2 atom stereocenters. The van der Waals surface area contributed by atoms with Crippen LogP contribution in [0, 0.1) is 40.9 Å². The summed E-state index contributed by atoms with van der Waals surface area (Å²) >= 11 is 0. The first kappa shape index (κ1) is 16.9. The van der Waals surface area contributed by atoms with Crippen LogP contribution >= 0.6 is 0 Å². The van der Waals surface area contributed by atoms with Crippen LogP contribution in [0.25, 0.3) is 0 Å². The van der Waals surface area contributed by atoms with Gasteiger partial charge in [-0.05, 0) is 12.8 Å². The minimum absolute atomic E-state index is 0.0184. The van der Waals surface area contributed by atoms with Gasteiger partial charge in [-0.3, -0.25) is 9.59 Å². The molecular weight excluding hydrogens is 325 g/mol. The van der Waals surface area contributed by atoms with E-state index in [0.717, 1.165) is 0 Å². The van der Waals surface area contributed by atoms with Gasteiger partial charge in [0.25, 0.3) is 0 Å². The van der Waals surface area contributed by atoms with Crippen molar-refractivity contribution in [1.82, 2.24) is 0 Å². The minimum atomic E-state index is -2.35. The molecule has 2 N–H and O–H groups in total. The molecular formula is C14H10F5NO3. The summed E-state index contributed by atoms with van der Waals surface area (Å²) in [7, 11) is 0. The summed E-state index contributed by atoms with van der Waals surface area (Å²) in [6.45, 7) is 0. The van der Waals surface area contributed by atoms with E-state index >= 15 is 0 Å². The van der Waals surface area contributed by atoms with Crippen molar-refractivity contribution >= 4 is 17.6 Å². The van der Waals surface area contributed by atoms with Crippen molar-refractivity contribution < 1.29 is 36.6 Å². The summed E-state index contributed by atoms with van der Waals surface area (Å²) in [6, 6.07) is 0. The molecule has 124 valence electrons. The van der Waals surface area contributed by atoms with Crippen LogP contribution in [0.2, 0.25) is 0 Å². The monoisotopic (exact) mass is 335 g/mol. The van der Waals surface area contributed by atoms with E-state index in [2.05, 4.69) is 0 Å². The molecule has 1 aliphatic rings. The first-order chi connectivity index (χ1) is 10.8. The van der Waals surface area contributed by atoms with Crippen molar-refractivity contribution in [3.63, 3.8) is 0 Å². The van der Waals surface area contributed by atoms with Gasteiger partial charge in [-0.1, -0.05) is 12.2 Å². The topological polar surface area (TPSA) is 66.4 Å². The molecule has 1 amide bonds. The fourth-order valence-corrected chi connectivity index (χ4v) is 2.31. The van der Waals surface area contributed by atoms with Gasteiger partial charge in [0.15, 0.2) is 23.3 Å². The molecule has 23 heavy (non-hydrogen) atoms. The van der Waals surface area contributed by atoms with Crippen LogP contribution in [0.4, 0.5) is 27.6 Å². The second kappa shape index (κ2) is 6.35. The van der Waals surface area contributed by atoms with E-state index in [1.807, 2.05) is 0 Å². The molecule has 0 saturated carbocycles. The normalized spacial score (nSPS) is 20.4. The second-order valence-electron chi connectivity index (χ2n) is 4.93. The average molecular weight is 335 g/mol. The Bertz CT molecular complexity index is 675. The second-order valence-corrected chi connectivity index (χ2v) is 4.93. The third kappa shape index (κ3) is 3.03. The summed E-state index contributed by atoms with van der Waals surface area (Å²) in [6.07, 6.45) is 3.02. The van der Waals surface area contributed by atoms with Crippen molar-refractivity contribution in [2.24, 2.45) is 11.8 Å². The van der Waals surface area contributed by atoms with Gasteiger partial charge >= 0.3 is 5.97 Å². The highest BCUT2D eigenvalue weighted by molar-refractivity contribution is 5.95. The number of carboxylic acids is 1. The molecule has 0 aliphatic heterocycles. The van der Waals surface area contributed by atoms with E-state index in [1.54, 1.807) is 5.32 Å². The quantitative estimate of drug-likeness (QED) is 0.386. The highest BCUT2D eigenvalue weighted by Crippen LogP contribution is 2.30. The Morgan fingerprint density at radius 1 is 0.870 bits per heavy atom. The van der Waals surface area contributed by atoms with Crippen molar-refractivity contribution in [2.75, 3.05) is 5.32 Å². The SMILES string of the molecule is O=C(O)C1CC=CCC1C(=O)Nc1c(F)c(F)c(F)c(F)c1F. The minimum Gasteiger partial charge on any atom is -0.481 e. The van der Waals surface area contributed by atoms with Crippen LogP contribution in [0.1, 0.15) is 12.8 Å². The van der Waals surface area contributed by atoms with Gasteiger partial charge in [-0.25, -0.2) is 22.0 Å². The lowest BCUT2D eigenvalue weighted by atomic mass is 9.82. The Balaban J connectivity index is 2.34. The van der Waals surface area contributed by atoms with E-state index < -0.39 is 58.5 Å². The summed E-state index contributed by atoms with van der Waals surface area (Å²) in [4.78, 5) is 23.1. The van der Waals surface area contributed by atoms with E-state index in [-0.39, 0.29) is 12.8 Å². The maximum absolute atomic E-state index is 13.5. The number of hydrogen-bond donors (Lipinski definition) is 2. The van der Waals surface area contributed by atoms with Gasteiger partial charge in [0.05, 0.1) is 11.8 Å². The molecule has 1 aromatic carbocycles. The molecule has 0 spiro atoms. The number of halogens is 5. The van der Waals surface area contributed by atoms with Crippen LogP contribution in [0.3, 0.4) is 0 Å².